The molecule has 4 nitrogen and oxygen atoms in total. The van der Waals surface area contributed by atoms with Crippen LogP contribution in [0.15, 0.2) is 12.1 Å². The molecule has 1 aliphatic rings. The second-order valence-electron chi connectivity index (χ2n) is 6.73. The molecular formula is C16H27N3O. The zero-order valence-corrected chi connectivity index (χ0v) is 13.1. The molecule has 1 aliphatic heterocycles. The molecule has 1 aromatic heterocycles. The Morgan fingerprint density at radius 1 is 1.30 bits per heavy atom. The van der Waals surface area contributed by atoms with Gasteiger partial charge in [0.2, 0.25) is 5.88 Å². The highest BCUT2D eigenvalue weighted by atomic mass is 16.5. The van der Waals surface area contributed by atoms with E-state index in [2.05, 4.69) is 42.8 Å². The third-order valence-corrected chi connectivity index (χ3v) is 3.93. The lowest BCUT2D eigenvalue weighted by Gasteiger charge is -2.30. The van der Waals surface area contributed by atoms with Crippen LogP contribution in [0, 0.1) is 0 Å². The van der Waals surface area contributed by atoms with E-state index in [-0.39, 0.29) is 5.41 Å². The summed E-state index contributed by atoms with van der Waals surface area (Å²) in [6, 6.07) is 4.64. The van der Waals surface area contributed by atoms with Crippen LogP contribution in [0.3, 0.4) is 0 Å². The average molecular weight is 277 g/mol. The first-order chi connectivity index (χ1) is 9.40. The van der Waals surface area contributed by atoms with Crippen molar-refractivity contribution in [2.45, 2.75) is 51.6 Å². The molecule has 2 rings (SSSR count). The van der Waals surface area contributed by atoms with Crippen molar-refractivity contribution in [3.63, 3.8) is 0 Å². The molecule has 1 aromatic rings. The van der Waals surface area contributed by atoms with Crippen molar-refractivity contribution in [2.75, 3.05) is 20.2 Å². The number of nitrogens with two attached hydrogens (primary N) is 1. The Kier molecular flexibility index (Phi) is 4.66. The first-order valence-electron chi connectivity index (χ1n) is 7.42. The van der Waals surface area contributed by atoms with Crippen LogP contribution in [0.1, 0.15) is 44.9 Å². The van der Waals surface area contributed by atoms with Gasteiger partial charge in [-0.05, 0) is 32.0 Å². The van der Waals surface area contributed by atoms with Gasteiger partial charge >= 0.3 is 0 Å². The van der Waals surface area contributed by atoms with E-state index in [1.54, 1.807) is 7.11 Å². The summed E-state index contributed by atoms with van der Waals surface area (Å²) < 4.78 is 5.48. The van der Waals surface area contributed by atoms with Crippen LogP contribution in [-0.4, -0.2) is 36.1 Å². The van der Waals surface area contributed by atoms with Crippen molar-refractivity contribution < 1.29 is 4.74 Å². The van der Waals surface area contributed by atoms with Gasteiger partial charge in [-0.3, -0.25) is 4.90 Å². The number of aromatic nitrogens is 1. The first-order valence-corrected chi connectivity index (χ1v) is 7.42. The number of pyridine rings is 1. The number of nitrogens with zero attached hydrogens (tertiary/aromatic N) is 2. The van der Waals surface area contributed by atoms with Crippen LogP contribution < -0.4 is 10.5 Å². The zero-order valence-electron chi connectivity index (χ0n) is 13.1. The van der Waals surface area contributed by atoms with Gasteiger partial charge in [-0.2, -0.15) is 0 Å². The molecule has 0 spiro atoms. The van der Waals surface area contributed by atoms with Gasteiger partial charge in [0, 0.05) is 29.3 Å². The van der Waals surface area contributed by atoms with Gasteiger partial charge in [0.15, 0.2) is 0 Å². The van der Waals surface area contributed by atoms with E-state index in [9.17, 15) is 0 Å². The van der Waals surface area contributed by atoms with Crippen molar-refractivity contribution >= 4 is 0 Å². The molecule has 0 bridgehead atoms. The van der Waals surface area contributed by atoms with Gasteiger partial charge < -0.3 is 10.5 Å². The molecule has 0 aromatic carbocycles. The van der Waals surface area contributed by atoms with E-state index < -0.39 is 0 Å². The number of ether oxygens (including phenoxy) is 1. The number of likely N-dealkylation sites (tertiary alicyclic amines) is 1. The topological polar surface area (TPSA) is 51.4 Å². The largest absolute Gasteiger partial charge is 0.481 e. The third-order valence-electron chi connectivity index (χ3n) is 3.93. The molecule has 0 atom stereocenters. The number of rotatable bonds is 3. The highest BCUT2D eigenvalue weighted by Gasteiger charge is 2.20. The van der Waals surface area contributed by atoms with E-state index in [4.69, 9.17) is 10.5 Å². The minimum Gasteiger partial charge on any atom is -0.481 e. The lowest BCUT2D eigenvalue weighted by molar-refractivity contribution is 0.202. The van der Waals surface area contributed by atoms with Crippen molar-refractivity contribution in [2.24, 2.45) is 5.73 Å². The minimum absolute atomic E-state index is 0.0453. The van der Waals surface area contributed by atoms with Gasteiger partial charge in [0.25, 0.3) is 0 Å². The Labute approximate surface area is 122 Å². The van der Waals surface area contributed by atoms with Crippen molar-refractivity contribution in [3.8, 4) is 5.88 Å². The van der Waals surface area contributed by atoms with E-state index in [1.807, 2.05) is 0 Å². The van der Waals surface area contributed by atoms with E-state index in [0.717, 1.165) is 49.6 Å². The SMILES string of the molecule is COc1nc(C(C)(C)C)ccc1CN1CCC(N)CC1. The molecule has 2 N–H and O–H groups in total. The first kappa shape index (κ1) is 15.3. The molecule has 4 heteroatoms. The Hall–Kier alpha value is -1.13. The standard InChI is InChI=1S/C16H27N3O/c1-16(2,3)14-6-5-12(15(18-14)20-4)11-19-9-7-13(17)8-10-19/h5-6,13H,7-11,17H2,1-4H3. The maximum absolute atomic E-state index is 5.95. The summed E-state index contributed by atoms with van der Waals surface area (Å²) in [5, 5.41) is 0. The van der Waals surface area contributed by atoms with Gasteiger partial charge in [0.1, 0.15) is 0 Å². The minimum atomic E-state index is 0.0453. The summed E-state index contributed by atoms with van der Waals surface area (Å²) in [7, 11) is 1.70. The molecule has 112 valence electrons. The number of piperidine rings is 1. The monoisotopic (exact) mass is 277 g/mol. The zero-order chi connectivity index (χ0) is 14.8. The summed E-state index contributed by atoms with van der Waals surface area (Å²) in [6.07, 6.45) is 2.16. The molecule has 0 aliphatic carbocycles. The predicted octanol–water partition coefficient (Wildman–Crippen LogP) is 2.31. The van der Waals surface area contributed by atoms with E-state index >= 15 is 0 Å². The molecule has 0 saturated carbocycles. The third kappa shape index (κ3) is 3.70. The number of hydrogen-bond donors (Lipinski definition) is 1. The van der Waals surface area contributed by atoms with Crippen molar-refractivity contribution in [1.82, 2.24) is 9.88 Å². The molecule has 20 heavy (non-hydrogen) atoms. The normalized spacial score (nSPS) is 18.2. The maximum Gasteiger partial charge on any atom is 0.217 e. The second kappa shape index (κ2) is 6.10. The molecule has 1 saturated heterocycles. The fourth-order valence-electron chi connectivity index (χ4n) is 2.54. The fourth-order valence-corrected chi connectivity index (χ4v) is 2.54. The van der Waals surface area contributed by atoms with Crippen LogP contribution in [0.4, 0.5) is 0 Å². The van der Waals surface area contributed by atoms with Gasteiger partial charge in [-0.15, -0.1) is 0 Å². The van der Waals surface area contributed by atoms with Crippen LogP contribution in [-0.2, 0) is 12.0 Å². The van der Waals surface area contributed by atoms with Crippen LogP contribution in [0.2, 0.25) is 0 Å². The lowest BCUT2D eigenvalue weighted by atomic mass is 9.91. The molecule has 0 radical (unpaired) electrons. The van der Waals surface area contributed by atoms with Gasteiger partial charge in [0.05, 0.1) is 7.11 Å². The van der Waals surface area contributed by atoms with Gasteiger partial charge in [-0.25, -0.2) is 4.98 Å². The van der Waals surface area contributed by atoms with Crippen LogP contribution in [0.5, 0.6) is 5.88 Å². The molecule has 2 heterocycles. The number of hydrogen-bond acceptors (Lipinski definition) is 4. The summed E-state index contributed by atoms with van der Waals surface area (Å²) >= 11 is 0. The summed E-state index contributed by atoms with van der Waals surface area (Å²) in [4.78, 5) is 7.10. The highest BCUT2D eigenvalue weighted by Crippen LogP contribution is 2.26. The summed E-state index contributed by atoms with van der Waals surface area (Å²) in [5.41, 5.74) is 8.23. The smallest absolute Gasteiger partial charge is 0.217 e. The van der Waals surface area contributed by atoms with Gasteiger partial charge in [-0.1, -0.05) is 26.8 Å². The van der Waals surface area contributed by atoms with Crippen molar-refractivity contribution in [3.05, 3.63) is 23.4 Å². The van der Waals surface area contributed by atoms with E-state index in [1.165, 1.54) is 0 Å². The Morgan fingerprint density at radius 3 is 2.50 bits per heavy atom. The fraction of sp³-hybridized carbons (Fsp3) is 0.688. The Bertz CT molecular complexity index is 446. The molecule has 0 amide bonds. The highest BCUT2D eigenvalue weighted by molar-refractivity contribution is 5.30. The van der Waals surface area contributed by atoms with Crippen LogP contribution >= 0.6 is 0 Å². The Morgan fingerprint density at radius 2 is 1.95 bits per heavy atom. The lowest BCUT2D eigenvalue weighted by Crippen LogP contribution is -2.39. The average Bonchev–Trinajstić information content (AvgIpc) is 2.40. The summed E-state index contributed by atoms with van der Waals surface area (Å²) in [5.74, 6) is 0.757. The second-order valence-corrected chi connectivity index (χ2v) is 6.73. The molecule has 1 fully saturated rings. The predicted molar refractivity (Wildman–Crippen MR) is 82.0 cm³/mol. The van der Waals surface area contributed by atoms with Crippen LogP contribution in [0.25, 0.3) is 0 Å². The Balaban J connectivity index is 2.12. The van der Waals surface area contributed by atoms with Crippen molar-refractivity contribution in [1.29, 1.82) is 0 Å². The molecule has 0 unspecified atom stereocenters. The number of methoxy groups -OCH3 is 1. The summed E-state index contributed by atoms with van der Waals surface area (Å²) in [6.45, 7) is 9.52. The maximum atomic E-state index is 5.95. The molecular weight excluding hydrogens is 250 g/mol. The van der Waals surface area contributed by atoms with E-state index in [0.29, 0.717) is 6.04 Å². The quantitative estimate of drug-likeness (QED) is 0.921.